The second kappa shape index (κ2) is 8.17. The molecule has 2 bridgehead atoms. The molecule has 7 nitrogen and oxygen atoms in total. The topological polar surface area (TPSA) is 64.1 Å². The van der Waals surface area contributed by atoms with Crippen LogP contribution in [0.4, 0.5) is 10.6 Å². The van der Waals surface area contributed by atoms with E-state index in [2.05, 4.69) is 16.5 Å². The van der Waals surface area contributed by atoms with Gasteiger partial charge in [-0.25, -0.2) is 4.79 Å². The number of rotatable bonds is 7. The number of amides is 1. The maximum absolute atomic E-state index is 12.4. The van der Waals surface area contributed by atoms with E-state index in [1.807, 2.05) is 43.9 Å². The molecule has 2 fully saturated rings. The summed E-state index contributed by atoms with van der Waals surface area (Å²) in [5, 5.41) is 0. The van der Waals surface area contributed by atoms with Crippen LogP contribution in [0.15, 0.2) is 30.9 Å². The van der Waals surface area contributed by atoms with Gasteiger partial charge in [0.1, 0.15) is 18.0 Å². The number of carbonyl (C=O) groups is 1. The number of anilines is 1. The number of likely N-dealkylation sites (tertiary alicyclic amines) is 1. The molecule has 0 radical (unpaired) electrons. The number of carbonyl (C=O) groups excluding carboxylic acids is 1. The van der Waals surface area contributed by atoms with E-state index < -0.39 is 5.60 Å². The van der Waals surface area contributed by atoms with E-state index in [9.17, 15) is 4.79 Å². The third kappa shape index (κ3) is 4.91. The Morgan fingerprint density at radius 2 is 2.11 bits per heavy atom. The predicted octanol–water partition coefficient (Wildman–Crippen LogP) is 2.86. The lowest BCUT2D eigenvalue weighted by atomic mass is 10.2. The van der Waals surface area contributed by atoms with Crippen LogP contribution >= 0.6 is 0 Å². The van der Waals surface area contributed by atoms with Crippen LogP contribution in [0.2, 0.25) is 0 Å². The van der Waals surface area contributed by atoms with Gasteiger partial charge in [-0.1, -0.05) is 12.1 Å². The summed E-state index contributed by atoms with van der Waals surface area (Å²) in [5.41, 5.74) is -0.471. The van der Waals surface area contributed by atoms with Crippen molar-refractivity contribution in [2.45, 2.75) is 44.9 Å². The lowest BCUT2D eigenvalue weighted by molar-refractivity contribution is 0.0214. The summed E-state index contributed by atoms with van der Waals surface area (Å²) in [5.74, 6) is 1.47. The Bertz CT molecular complexity index is 673. The summed E-state index contributed by atoms with van der Waals surface area (Å²) in [4.78, 5) is 21.1. The van der Waals surface area contributed by atoms with Gasteiger partial charge in [-0.15, -0.1) is 6.58 Å². The van der Waals surface area contributed by atoms with E-state index in [1.54, 1.807) is 6.08 Å². The van der Waals surface area contributed by atoms with Crippen molar-refractivity contribution in [1.29, 1.82) is 0 Å². The van der Waals surface area contributed by atoms with Gasteiger partial charge in [0.05, 0.1) is 25.3 Å². The third-order valence-electron chi connectivity index (χ3n) is 4.59. The van der Waals surface area contributed by atoms with Crippen LogP contribution in [0.5, 0.6) is 5.88 Å². The summed E-state index contributed by atoms with van der Waals surface area (Å²) in [7, 11) is 0. The molecule has 2 aliphatic heterocycles. The molecule has 0 unspecified atom stereocenters. The second-order valence-corrected chi connectivity index (χ2v) is 7.87. The van der Waals surface area contributed by atoms with Gasteiger partial charge in [0, 0.05) is 19.2 Å². The Labute approximate surface area is 160 Å². The standard InChI is InChI=1S/C20H29N3O4/c1-5-9-25-10-11-26-18-8-6-7-17(21-18)22-13-16-12-15(22)14-23(16)19(24)27-20(2,3)4/h5-8,15-16H,1,9-14H2,2-4H3/t15-,16-/m1/s1. The number of nitrogens with zero attached hydrogens (tertiary/aromatic N) is 3. The van der Waals surface area contributed by atoms with Crippen molar-refractivity contribution in [2.24, 2.45) is 0 Å². The smallest absolute Gasteiger partial charge is 0.410 e. The zero-order valence-electron chi connectivity index (χ0n) is 16.4. The van der Waals surface area contributed by atoms with E-state index >= 15 is 0 Å². The first-order valence-corrected chi connectivity index (χ1v) is 9.42. The average molecular weight is 375 g/mol. The first kappa shape index (κ1) is 19.5. The minimum Gasteiger partial charge on any atom is -0.475 e. The number of ether oxygens (including phenoxy) is 3. The maximum atomic E-state index is 12.4. The normalized spacial score (nSPS) is 21.4. The third-order valence-corrected chi connectivity index (χ3v) is 4.59. The van der Waals surface area contributed by atoms with Crippen molar-refractivity contribution in [3.63, 3.8) is 0 Å². The molecule has 3 heterocycles. The van der Waals surface area contributed by atoms with E-state index in [-0.39, 0.29) is 18.2 Å². The van der Waals surface area contributed by atoms with Gasteiger partial charge in [-0.3, -0.25) is 0 Å². The highest BCUT2D eigenvalue weighted by molar-refractivity contribution is 5.70. The fourth-order valence-electron chi connectivity index (χ4n) is 3.51. The zero-order valence-corrected chi connectivity index (χ0v) is 16.4. The predicted molar refractivity (Wildman–Crippen MR) is 103 cm³/mol. The fourth-order valence-corrected chi connectivity index (χ4v) is 3.51. The van der Waals surface area contributed by atoms with Crippen molar-refractivity contribution in [3.8, 4) is 5.88 Å². The van der Waals surface area contributed by atoms with Gasteiger partial charge in [-0.05, 0) is 33.3 Å². The van der Waals surface area contributed by atoms with Gasteiger partial charge in [0.2, 0.25) is 5.88 Å². The maximum Gasteiger partial charge on any atom is 0.410 e. The van der Waals surface area contributed by atoms with E-state index in [0.717, 1.165) is 18.8 Å². The number of hydrogen-bond acceptors (Lipinski definition) is 6. The molecule has 2 atom stereocenters. The zero-order chi connectivity index (χ0) is 19.4. The van der Waals surface area contributed by atoms with Crippen LogP contribution < -0.4 is 9.64 Å². The van der Waals surface area contributed by atoms with Crippen LogP contribution in [-0.2, 0) is 9.47 Å². The minimum absolute atomic E-state index is 0.170. The molecule has 1 aromatic rings. The number of pyridine rings is 1. The van der Waals surface area contributed by atoms with Gasteiger partial charge in [0.25, 0.3) is 0 Å². The molecular formula is C20H29N3O4. The lowest BCUT2D eigenvalue weighted by Crippen LogP contribution is -2.50. The number of fused-ring (bicyclic) bond motifs is 2. The number of hydrogen-bond donors (Lipinski definition) is 0. The molecular weight excluding hydrogens is 346 g/mol. The van der Waals surface area contributed by atoms with Crippen molar-refractivity contribution in [3.05, 3.63) is 30.9 Å². The van der Waals surface area contributed by atoms with Crippen LogP contribution in [0.1, 0.15) is 27.2 Å². The molecule has 2 aliphatic rings. The van der Waals surface area contributed by atoms with Crippen molar-refractivity contribution in [1.82, 2.24) is 9.88 Å². The molecule has 27 heavy (non-hydrogen) atoms. The Hall–Kier alpha value is -2.28. The van der Waals surface area contributed by atoms with E-state index in [1.165, 1.54) is 0 Å². The molecule has 7 heteroatoms. The molecule has 148 valence electrons. The van der Waals surface area contributed by atoms with Crippen LogP contribution in [0.3, 0.4) is 0 Å². The highest BCUT2D eigenvalue weighted by atomic mass is 16.6. The van der Waals surface area contributed by atoms with Crippen molar-refractivity contribution in [2.75, 3.05) is 37.8 Å². The number of piperazine rings is 1. The largest absolute Gasteiger partial charge is 0.475 e. The van der Waals surface area contributed by atoms with Gasteiger partial charge < -0.3 is 24.0 Å². The van der Waals surface area contributed by atoms with Gasteiger partial charge in [0.15, 0.2) is 0 Å². The highest BCUT2D eigenvalue weighted by Crippen LogP contribution is 2.35. The molecule has 1 aromatic heterocycles. The van der Waals surface area contributed by atoms with Crippen LogP contribution in [0.25, 0.3) is 0 Å². The molecule has 3 rings (SSSR count). The molecule has 0 spiro atoms. The second-order valence-electron chi connectivity index (χ2n) is 7.87. The average Bonchev–Trinajstić information content (AvgIpc) is 3.21. The van der Waals surface area contributed by atoms with E-state index in [4.69, 9.17) is 14.2 Å². The lowest BCUT2D eigenvalue weighted by Gasteiger charge is -2.35. The van der Waals surface area contributed by atoms with Crippen LogP contribution in [-0.4, -0.2) is 66.6 Å². The summed E-state index contributed by atoms with van der Waals surface area (Å²) in [6, 6.07) is 6.21. The summed E-state index contributed by atoms with van der Waals surface area (Å²) >= 11 is 0. The van der Waals surface area contributed by atoms with Crippen molar-refractivity contribution >= 4 is 11.9 Å². The summed E-state index contributed by atoms with van der Waals surface area (Å²) in [6.45, 7) is 12.2. The van der Waals surface area contributed by atoms with Crippen LogP contribution in [0, 0.1) is 0 Å². The minimum atomic E-state index is -0.471. The monoisotopic (exact) mass is 375 g/mol. The Kier molecular flexibility index (Phi) is 5.89. The van der Waals surface area contributed by atoms with Gasteiger partial charge >= 0.3 is 6.09 Å². The van der Waals surface area contributed by atoms with E-state index in [0.29, 0.717) is 32.2 Å². The Morgan fingerprint density at radius 1 is 1.30 bits per heavy atom. The Balaban J connectivity index is 1.55. The summed E-state index contributed by atoms with van der Waals surface area (Å²) in [6.07, 6.45) is 2.43. The quantitative estimate of drug-likeness (QED) is 0.539. The molecule has 2 saturated heterocycles. The molecule has 0 aromatic carbocycles. The SMILES string of the molecule is C=CCOCCOc1cccc(N2C[C@H]3C[C@@H]2CN3C(=O)OC(C)(C)C)n1. The Morgan fingerprint density at radius 3 is 2.78 bits per heavy atom. The first-order valence-electron chi connectivity index (χ1n) is 9.42. The molecule has 0 aliphatic carbocycles. The molecule has 0 saturated carbocycles. The first-order chi connectivity index (χ1) is 12.9. The number of aromatic nitrogens is 1. The molecule has 0 N–H and O–H groups in total. The summed E-state index contributed by atoms with van der Waals surface area (Å²) < 4.78 is 16.5. The van der Waals surface area contributed by atoms with Crippen molar-refractivity contribution < 1.29 is 19.0 Å². The highest BCUT2D eigenvalue weighted by Gasteiger charge is 2.47. The fraction of sp³-hybridized carbons (Fsp3) is 0.600. The molecule has 1 amide bonds. The van der Waals surface area contributed by atoms with Gasteiger partial charge in [-0.2, -0.15) is 4.98 Å².